The minimum atomic E-state index is -0.160. The summed E-state index contributed by atoms with van der Waals surface area (Å²) in [4.78, 5) is 11.5. The van der Waals surface area contributed by atoms with Crippen molar-refractivity contribution >= 4 is 23.0 Å². The van der Waals surface area contributed by atoms with Crippen molar-refractivity contribution in [2.24, 2.45) is 0 Å². The highest BCUT2D eigenvalue weighted by Gasteiger charge is 2.06. The van der Waals surface area contributed by atoms with E-state index in [2.05, 4.69) is 10.6 Å². The molecule has 2 aromatic rings. The van der Waals surface area contributed by atoms with E-state index < -0.39 is 0 Å². The second-order valence-corrected chi connectivity index (χ2v) is 4.23. The molecule has 0 bridgehead atoms. The van der Waals surface area contributed by atoms with E-state index in [0.29, 0.717) is 11.3 Å². The summed E-state index contributed by atoms with van der Waals surface area (Å²) in [6, 6.07) is 12.7. The summed E-state index contributed by atoms with van der Waals surface area (Å²) < 4.78 is 5.10. The molecule has 1 amide bonds. The number of rotatable bonds is 4. The molecular formula is C15H17N3O2. The predicted octanol–water partition coefficient (Wildman–Crippen LogP) is 2.38. The summed E-state index contributed by atoms with van der Waals surface area (Å²) in [6.07, 6.45) is 0. The lowest BCUT2D eigenvalue weighted by Crippen LogP contribution is -2.17. The Kier molecular flexibility index (Phi) is 4.10. The average Bonchev–Trinajstić information content (AvgIpc) is 2.49. The quantitative estimate of drug-likeness (QED) is 0.746. The van der Waals surface area contributed by atoms with Crippen LogP contribution in [0.15, 0.2) is 42.5 Å². The Labute approximate surface area is 117 Å². The van der Waals surface area contributed by atoms with Crippen molar-refractivity contribution in [2.75, 3.05) is 25.2 Å². The molecule has 4 N–H and O–H groups in total. The minimum Gasteiger partial charge on any atom is -0.497 e. The molecular weight excluding hydrogens is 254 g/mol. The number of nitrogens with two attached hydrogens (primary N) is 1. The van der Waals surface area contributed by atoms with Crippen molar-refractivity contribution in [3.8, 4) is 5.75 Å². The summed E-state index contributed by atoms with van der Waals surface area (Å²) in [5.41, 5.74) is 8.65. The zero-order valence-corrected chi connectivity index (χ0v) is 11.4. The van der Waals surface area contributed by atoms with Crippen LogP contribution in [-0.2, 0) is 0 Å². The van der Waals surface area contributed by atoms with Gasteiger partial charge in [-0.2, -0.15) is 0 Å². The molecule has 0 aromatic heterocycles. The van der Waals surface area contributed by atoms with Crippen LogP contribution in [0.3, 0.4) is 0 Å². The lowest BCUT2D eigenvalue weighted by Gasteiger charge is -2.11. The van der Waals surface area contributed by atoms with Crippen molar-refractivity contribution < 1.29 is 9.53 Å². The molecule has 0 aliphatic carbocycles. The van der Waals surface area contributed by atoms with Gasteiger partial charge in [-0.1, -0.05) is 0 Å². The Morgan fingerprint density at radius 3 is 2.40 bits per heavy atom. The zero-order valence-electron chi connectivity index (χ0n) is 11.4. The van der Waals surface area contributed by atoms with Crippen LogP contribution in [0.25, 0.3) is 0 Å². The van der Waals surface area contributed by atoms with E-state index in [1.54, 1.807) is 32.4 Å². The number of carbonyl (C=O) groups excluding carboxylic acids is 1. The summed E-state index contributed by atoms with van der Waals surface area (Å²) in [5, 5.41) is 5.76. The van der Waals surface area contributed by atoms with Gasteiger partial charge in [-0.15, -0.1) is 0 Å². The molecule has 5 nitrogen and oxygen atoms in total. The minimum absolute atomic E-state index is 0.160. The van der Waals surface area contributed by atoms with Gasteiger partial charge >= 0.3 is 0 Å². The van der Waals surface area contributed by atoms with Gasteiger partial charge in [0.25, 0.3) is 5.91 Å². The van der Waals surface area contributed by atoms with Crippen molar-refractivity contribution in [3.05, 3.63) is 48.0 Å². The smallest absolute Gasteiger partial charge is 0.251 e. The van der Waals surface area contributed by atoms with Crippen LogP contribution in [0.2, 0.25) is 0 Å². The van der Waals surface area contributed by atoms with Gasteiger partial charge < -0.3 is 21.1 Å². The first-order valence-electron chi connectivity index (χ1n) is 6.16. The van der Waals surface area contributed by atoms with Crippen molar-refractivity contribution in [3.63, 3.8) is 0 Å². The van der Waals surface area contributed by atoms with Crippen molar-refractivity contribution in [2.45, 2.75) is 0 Å². The summed E-state index contributed by atoms with van der Waals surface area (Å²) in [6.45, 7) is 0. The molecule has 0 saturated heterocycles. The highest BCUT2D eigenvalue weighted by Crippen LogP contribution is 2.25. The van der Waals surface area contributed by atoms with Crippen LogP contribution in [0.5, 0.6) is 5.75 Å². The number of ether oxygens (including phenoxy) is 1. The van der Waals surface area contributed by atoms with Crippen molar-refractivity contribution in [1.29, 1.82) is 0 Å². The molecule has 0 aliphatic rings. The van der Waals surface area contributed by atoms with E-state index in [0.717, 1.165) is 17.1 Å². The normalized spacial score (nSPS) is 9.90. The number of carbonyl (C=O) groups is 1. The molecule has 2 aromatic carbocycles. The molecule has 0 radical (unpaired) electrons. The molecule has 0 unspecified atom stereocenters. The van der Waals surface area contributed by atoms with Crippen LogP contribution in [0.4, 0.5) is 17.1 Å². The SMILES string of the molecule is CNC(=O)c1ccc(Nc2ccc(OC)cc2)c(N)c1. The number of nitrogens with one attached hydrogen (secondary N) is 2. The third kappa shape index (κ3) is 3.00. The van der Waals surface area contributed by atoms with Crippen LogP contribution >= 0.6 is 0 Å². The largest absolute Gasteiger partial charge is 0.497 e. The number of methoxy groups -OCH3 is 1. The van der Waals surface area contributed by atoms with Gasteiger partial charge in [0.15, 0.2) is 0 Å². The fourth-order valence-corrected chi connectivity index (χ4v) is 1.79. The van der Waals surface area contributed by atoms with E-state index in [9.17, 15) is 4.79 Å². The monoisotopic (exact) mass is 271 g/mol. The molecule has 0 atom stereocenters. The number of benzene rings is 2. The first-order valence-corrected chi connectivity index (χ1v) is 6.16. The molecule has 0 saturated carbocycles. The fraction of sp³-hybridized carbons (Fsp3) is 0.133. The Balaban J connectivity index is 2.18. The maximum absolute atomic E-state index is 11.5. The zero-order chi connectivity index (χ0) is 14.5. The van der Waals surface area contributed by atoms with Gasteiger partial charge in [0.1, 0.15) is 5.75 Å². The lowest BCUT2D eigenvalue weighted by atomic mass is 10.1. The topological polar surface area (TPSA) is 76.4 Å². The van der Waals surface area contributed by atoms with Gasteiger partial charge in [0.05, 0.1) is 18.5 Å². The van der Waals surface area contributed by atoms with Crippen molar-refractivity contribution in [1.82, 2.24) is 5.32 Å². The third-order valence-electron chi connectivity index (χ3n) is 2.91. The van der Waals surface area contributed by atoms with E-state index >= 15 is 0 Å². The van der Waals surface area contributed by atoms with Gasteiger partial charge in [0, 0.05) is 18.3 Å². The molecule has 0 aliphatic heterocycles. The van der Waals surface area contributed by atoms with Gasteiger partial charge in [0.2, 0.25) is 0 Å². The first kappa shape index (κ1) is 13.7. The fourth-order valence-electron chi connectivity index (χ4n) is 1.79. The van der Waals surface area contributed by atoms with Crippen LogP contribution in [0, 0.1) is 0 Å². The third-order valence-corrected chi connectivity index (χ3v) is 2.91. The molecule has 2 rings (SSSR count). The first-order chi connectivity index (χ1) is 9.63. The summed E-state index contributed by atoms with van der Waals surface area (Å²) in [5.74, 6) is 0.631. The molecule has 0 spiro atoms. The maximum atomic E-state index is 11.5. The number of nitrogen functional groups attached to an aromatic ring is 1. The Morgan fingerprint density at radius 2 is 1.85 bits per heavy atom. The summed E-state index contributed by atoms with van der Waals surface area (Å²) in [7, 11) is 3.21. The van der Waals surface area contributed by atoms with E-state index in [-0.39, 0.29) is 5.91 Å². The van der Waals surface area contributed by atoms with Crippen LogP contribution in [-0.4, -0.2) is 20.1 Å². The standard InChI is InChI=1S/C15H17N3O2/c1-17-15(19)10-3-8-14(13(16)9-10)18-11-4-6-12(20-2)7-5-11/h3-9,18H,16H2,1-2H3,(H,17,19). The van der Waals surface area contributed by atoms with Gasteiger partial charge in [-0.05, 0) is 42.5 Å². The summed E-state index contributed by atoms with van der Waals surface area (Å²) >= 11 is 0. The maximum Gasteiger partial charge on any atom is 0.251 e. The second-order valence-electron chi connectivity index (χ2n) is 4.23. The molecule has 5 heteroatoms. The molecule has 104 valence electrons. The Hall–Kier alpha value is -2.69. The Morgan fingerprint density at radius 1 is 1.15 bits per heavy atom. The number of amides is 1. The van der Waals surface area contributed by atoms with E-state index in [1.807, 2.05) is 24.3 Å². The van der Waals surface area contributed by atoms with Crippen LogP contribution < -0.4 is 21.1 Å². The number of hydrogen-bond donors (Lipinski definition) is 3. The van der Waals surface area contributed by atoms with Gasteiger partial charge in [-0.25, -0.2) is 0 Å². The number of hydrogen-bond acceptors (Lipinski definition) is 4. The number of anilines is 3. The predicted molar refractivity (Wildman–Crippen MR) is 80.5 cm³/mol. The molecule has 20 heavy (non-hydrogen) atoms. The van der Waals surface area contributed by atoms with E-state index in [1.165, 1.54) is 0 Å². The van der Waals surface area contributed by atoms with Gasteiger partial charge in [-0.3, -0.25) is 4.79 Å². The van der Waals surface area contributed by atoms with E-state index in [4.69, 9.17) is 10.5 Å². The molecule has 0 fully saturated rings. The van der Waals surface area contributed by atoms with Crippen LogP contribution in [0.1, 0.15) is 10.4 Å². The Bertz CT molecular complexity index is 609. The highest BCUT2D eigenvalue weighted by atomic mass is 16.5. The molecule has 0 heterocycles. The highest BCUT2D eigenvalue weighted by molar-refractivity contribution is 5.96. The lowest BCUT2D eigenvalue weighted by molar-refractivity contribution is 0.0963. The average molecular weight is 271 g/mol. The second kappa shape index (κ2) is 5.97.